The van der Waals surface area contributed by atoms with Gasteiger partial charge in [-0.25, -0.2) is 4.90 Å². The fourth-order valence-electron chi connectivity index (χ4n) is 4.35. The third-order valence-corrected chi connectivity index (χ3v) is 6.10. The van der Waals surface area contributed by atoms with Gasteiger partial charge in [0.15, 0.2) is 0 Å². The first-order valence-corrected chi connectivity index (χ1v) is 9.28. The Bertz CT molecular complexity index is 900. The summed E-state index contributed by atoms with van der Waals surface area (Å²) in [6, 6.07) is 5.27. The van der Waals surface area contributed by atoms with Crippen molar-refractivity contribution in [2.45, 2.75) is 31.6 Å². The Balaban J connectivity index is 1.40. The van der Waals surface area contributed by atoms with Crippen LogP contribution in [0.2, 0.25) is 10.0 Å². The molecule has 3 fully saturated rings. The highest BCUT2D eigenvalue weighted by Gasteiger charge is 2.62. The average molecular weight is 392 g/mol. The lowest BCUT2D eigenvalue weighted by Crippen LogP contribution is -2.34. The minimum absolute atomic E-state index is 0.116. The van der Waals surface area contributed by atoms with E-state index in [1.807, 2.05) is 6.07 Å². The molecule has 5 rings (SSSR count). The van der Waals surface area contributed by atoms with E-state index in [9.17, 15) is 9.59 Å². The zero-order chi connectivity index (χ0) is 18.0. The molecule has 0 spiro atoms. The molecule has 2 bridgehead atoms. The van der Waals surface area contributed by atoms with Gasteiger partial charge < -0.3 is 4.74 Å². The van der Waals surface area contributed by atoms with Crippen molar-refractivity contribution in [2.24, 2.45) is 11.8 Å². The summed E-state index contributed by atoms with van der Waals surface area (Å²) in [4.78, 5) is 26.9. The Morgan fingerprint density at radius 3 is 2.46 bits per heavy atom. The number of carbonyl (C=O) groups is 2. The lowest BCUT2D eigenvalue weighted by Gasteiger charge is -2.15. The van der Waals surface area contributed by atoms with Gasteiger partial charge in [0.1, 0.15) is 0 Å². The topological polar surface area (TPSA) is 64.4 Å². The van der Waals surface area contributed by atoms with Crippen molar-refractivity contribution in [2.75, 3.05) is 4.90 Å². The molecule has 2 amide bonds. The molecule has 0 unspecified atom stereocenters. The maximum atomic E-state index is 12.8. The molecule has 26 heavy (non-hydrogen) atoms. The van der Waals surface area contributed by atoms with Crippen LogP contribution in [0.1, 0.15) is 18.4 Å². The van der Waals surface area contributed by atoms with Gasteiger partial charge in [-0.15, -0.1) is 0 Å². The molecule has 3 saturated heterocycles. The normalized spacial score (nSPS) is 29.7. The summed E-state index contributed by atoms with van der Waals surface area (Å²) in [5.41, 5.74) is 1.35. The molecule has 3 aliphatic heterocycles. The van der Waals surface area contributed by atoms with Gasteiger partial charge in [0, 0.05) is 16.2 Å². The molecule has 0 saturated carbocycles. The minimum Gasteiger partial charge on any atom is -0.373 e. The molecule has 4 heterocycles. The highest BCUT2D eigenvalue weighted by Crippen LogP contribution is 2.49. The van der Waals surface area contributed by atoms with E-state index in [0.717, 1.165) is 18.4 Å². The zero-order valence-electron chi connectivity index (χ0n) is 13.6. The summed E-state index contributed by atoms with van der Waals surface area (Å²) in [5, 5.41) is 5.40. The van der Waals surface area contributed by atoms with Gasteiger partial charge in [-0.2, -0.15) is 5.10 Å². The predicted molar refractivity (Wildman–Crippen MR) is 95.2 cm³/mol. The summed E-state index contributed by atoms with van der Waals surface area (Å²) < 4.78 is 7.41. The molecule has 134 valence electrons. The number of amides is 2. The first kappa shape index (κ1) is 16.3. The van der Waals surface area contributed by atoms with E-state index < -0.39 is 0 Å². The third-order valence-electron chi connectivity index (χ3n) is 5.51. The second-order valence-electron chi connectivity index (χ2n) is 6.99. The van der Waals surface area contributed by atoms with Crippen LogP contribution < -0.4 is 4.90 Å². The van der Waals surface area contributed by atoms with Crippen molar-refractivity contribution in [3.8, 4) is 0 Å². The molecular formula is C18H15Cl2N3O3. The molecular weight excluding hydrogens is 377 g/mol. The summed E-state index contributed by atoms with van der Waals surface area (Å²) in [5.74, 6) is -1.02. The molecule has 0 radical (unpaired) electrons. The number of benzene rings is 1. The van der Waals surface area contributed by atoms with Gasteiger partial charge in [0.05, 0.1) is 42.5 Å². The molecule has 1 aromatic heterocycles. The molecule has 0 aliphatic carbocycles. The number of ether oxygens (including phenoxy) is 1. The van der Waals surface area contributed by atoms with Gasteiger partial charge in [-0.3, -0.25) is 14.3 Å². The largest absolute Gasteiger partial charge is 0.373 e. The SMILES string of the molecule is O=C1[C@@H]2[C@@H](C(=O)N1c1cnn(Cc3ccc(Cl)cc3Cl)c1)[C@H]1CC[C@H]2O1. The Morgan fingerprint density at radius 1 is 1.12 bits per heavy atom. The number of aromatic nitrogens is 2. The van der Waals surface area contributed by atoms with Crippen molar-refractivity contribution in [3.05, 3.63) is 46.2 Å². The van der Waals surface area contributed by atoms with E-state index in [2.05, 4.69) is 5.10 Å². The molecule has 3 aliphatic rings. The number of anilines is 1. The number of fused-ring (bicyclic) bond motifs is 5. The van der Waals surface area contributed by atoms with Crippen LogP contribution in [0, 0.1) is 11.8 Å². The van der Waals surface area contributed by atoms with Gasteiger partial charge in [-0.1, -0.05) is 29.3 Å². The fraction of sp³-hybridized carbons (Fsp3) is 0.389. The smallest absolute Gasteiger partial charge is 0.240 e. The lowest BCUT2D eigenvalue weighted by molar-refractivity contribution is -0.124. The number of rotatable bonds is 3. The van der Waals surface area contributed by atoms with Gasteiger partial charge in [-0.05, 0) is 30.5 Å². The number of hydrogen-bond acceptors (Lipinski definition) is 4. The van der Waals surface area contributed by atoms with Gasteiger partial charge in [0.2, 0.25) is 11.8 Å². The van der Waals surface area contributed by atoms with E-state index in [0.29, 0.717) is 22.3 Å². The minimum atomic E-state index is -0.338. The van der Waals surface area contributed by atoms with E-state index >= 15 is 0 Å². The Morgan fingerprint density at radius 2 is 1.81 bits per heavy atom. The van der Waals surface area contributed by atoms with Crippen LogP contribution in [-0.2, 0) is 20.9 Å². The Labute approximate surface area is 159 Å². The van der Waals surface area contributed by atoms with Crippen LogP contribution in [0.25, 0.3) is 0 Å². The molecule has 4 atom stereocenters. The summed E-state index contributed by atoms with van der Waals surface area (Å²) >= 11 is 12.1. The van der Waals surface area contributed by atoms with E-state index in [1.165, 1.54) is 4.90 Å². The molecule has 6 nitrogen and oxygen atoms in total. The van der Waals surface area contributed by atoms with Crippen LogP contribution in [-0.4, -0.2) is 33.8 Å². The van der Waals surface area contributed by atoms with E-state index in [1.54, 1.807) is 29.2 Å². The monoisotopic (exact) mass is 391 g/mol. The quantitative estimate of drug-likeness (QED) is 0.754. The van der Waals surface area contributed by atoms with Crippen molar-refractivity contribution < 1.29 is 14.3 Å². The summed E-state index contributed by atoms with van der Waals surface area (Å²) in [7, 11) is 0. The first-order valence-electron chi connectivity index (χ1n) is 8.52. The number of halogens is 2. The van der Waals surface area contributed by atoms with E-state index in [-0.39, 0.29) is 35.9 Å². The Kier molecular flexibility index (Phi) is 3.64. The van der Waals surface area contributed by atoms with Crippen LogP contribution in [0.5, 0.6) is 0 Å². The molecule has 0 N–H and O–H groups in total. The highest BCUT2D eigenvalue weighted by molar-refractivity contribution is 6.35. The van der Waals surface area contributed by atoms with Crippen molar-refractivity contribution >= 4 is 40.7 Å². The zero-order valence-corrected chi connectivity index (χ0v) is 15.2. The van der Waals surface area contributed by atoms with E-state index in [4.69, 9.17) is 27.9 Å². The lowest BCUT2D eigenvalue weighted by atomic mass is 9.81. The first-order chi connectivity index (χ1) is 12.5. The molecule has 1 aromatic carbocycles. The predicted octanol–water partition coefficient (Wildman–Crippen LogP) is 2.91. The van der Waals surface area contributed by atoms with Crippen LogP contribution in [0.4, 0.5) is 5.69 Å². The third kappa shape index (κ3) is 2.32. The van der Waals surface area contributed by atoms with Crippen LogP contribution in [0.15, 0.2) is 30.6 Å². The maximum absolute atomic E-state index is 12.8. The second kappa shape index (κ2) is 5.81. The standard InChI is InChI=1S/C18H15Cl2N3O3/c19-10-2-1-9(12(20)5-10)7-22-8-11(6-21-22)23-17(24)15-13-3-4-14(26-13)16(15)18(23)25/h1-2,5-6,8,13-16H,3-4,7H2/t13-,14-,15+,16+/m1/s1. The maximum Gasteiger partial charge on any atom is 0.240 e. The van der Waals surface area contributed by atoms with Crippen molar-refractivity contribution in [1.29, 1.82) is 0 Å². The number of hydrogen-bond donors (Lipinski definition) is 0. The fourth-order valence-corrected chi connectivity index (χ4v) is 4.81. The number of imide groups is 1. The van der Waals surface area contributed by atoms with Crippen molar-refractivity contribution in [3.63, 3.8) is 0 Å². The number of nitrogens with zero attached hydrogens (tertiary/aromatic N) is 3. The summed E-state index contributed by atoms with van der Waals surface area (Å²) in [6.07, 6.45) is 4.72. The summed E-state index contributed by atoms with van der Waals surface area (Å²) in [6.45, 7) is 0.424. The molecule has 8 heteroatoms. The van der Waals surface area contributed by atoms with Crippen LogP contribution >= 0.6 is 23.2 Å². The second-order valence-corrected chi connectivity index (χ2v) is 7.83. The van der Waals surface area contributed by atoms with Gasteiger partial charge in [0.25, 0.3) is 0 Å². The number of carbonyl (C=O) groups excluding carboxylic acids is 2. The average Bonchev–Trinajstić information content (AvgIpc) is 3.35. The van der Waals surface area contributed by atoms with Crippen LogP contribution in [0.3, 0.4) is 0 Å². The Hall–Kier alpha value is -1.89. The highest BCUT2D eigenvalue weighted by atomic mass is 35.5. The van der Waals surface area contributed by atoms with Gasteiger partial charge >= 0.3 is 0 Å². The molecule has 2 aromatic rings. The van der Waals surface area contributed by atoms with Crippen molar-refractivity contribution in [1.82, 2.24) is 9.78 Å².